The van der Waals surface area contributed by atoms with Crippen LogP contribution in [0.25, 0.3) is 0 Å². The molecule has 1 aliphatic heterocycles. The van der Waals surface area contributed by atoms with Crippen molar-refractivity contribution < 1.29 is 9.50 Å². The van der Waals surface area contributed by atoms with Gasteiger partial charge in [-0.05, 0) is 30.9 Å². The number of aliphatic hydroxyl groups excluding tert-OH is 1. The fourth-order valence-electron chi connectivity index (χ4n) is 2.05. The molecule has 1 fully saturated rings. The van der Waals surface area contributed by atoms with E-state index in [1.807, 2.05) is 4.90 Å². The fourth-order valence-corrected chi connectivity index (χ4v) is 2.05. The summed E-state index contributed by atoms with van der Waals surface area (Å²) in [5.41, 5.74) is 0. The van der Waals surface area contributed by atoms with Gasteiger partial charge >= 0.3 is 0 Å². The first-order valence-corrected chi connectivity index (χ1v) is 5.27. The Kier molecular flexibility index (Phi) is 3.16. The molecule has 0 bridgehead atoms. The molecule has 1 aromatic rings. The lowest BCUT2D eigenvalue weighted by Crippen LogP contribution is -2.22. The van der Waals surface area contributed by atoms with E-state index >= 15 is 0 Å². The predicted molar refractivity (Wildman–Crippen MR) is 56.2 cm³/mol. The van der Waals surface area contributed by atoms with Gasteiger partial charge in [-0.3, -0.25) is 0 Å². The summed E-state index contributed by atoms with van der Waals surface area (Å²) in [6, 6.07) is 3.03. The minimum Gasteiger partial charge on any atom is -0.396 e. The Hall–Kier alpha value is -1.16. The summed E-state index contributed by atoms with van der Waals surface area (Å²) in [6.07, 6.45) is 3.42. The van der Waals surface area contributed by atoms with Crippen molar-refractivity contribution in [2.75, 3.05) is 24.6 Å². The molecular formula is C11H15FN2O. The summed E-state index contributed by atoms with van der Waals surface area (Å²) in [5.74, 6) is 0.650. The molecular weight excluding hydrogens is 195 g/mol. The summed E-state index contributed by atoms with van der Waals surface area (Å²) in [7, 11) is 0. The molecule has 2 heterocycles. The maximum absolute atomic E-state index is 13.4. The molecule has 0 saturated carbocycles. The SMILES string of the molecule is OCCC1CCN(c2ncccc2F)C1. The molecule has 1 unspecified atom stereocenters. The largest absolute Gasteiger partial charge is 0.396 e. The summed E-state index contributed by atoms with van der Waals surface area (Å²) >= 11 is 0. The topological polar surface area (TPSA) is 36.4 Å². The van der Waals surface area contributed by atoms with Gasteiger partial charge in [0.15, 0.2) is 11.6 Å². The number of halogens is 1. The van der Waals surface area contributed by atoms with Crippen LogP contribution in [0.5, 0.6) is 0 Å². The number of pyridine rings is 1. The van der Waals surface area contributed by atoms with Crippen molar-refractivity contribution in [3.8, 4) is 0 Å². The quantitative estimate of drug-likeness (QED) is 0.820. The van der Waals surface area contributed by atoms with Crippen molar-refractivity contribution >= 4 is 5.82 Å². The Bertz CT molecular complexity index is 332. The van der Waals surface area contributed by atoms with Crippen molar-refractivity contribution in [3.63, 3.8) is 0 Å². The Morgan fingerprint density at radius 2 is 2.47 bits per heavy atom. The molecule has 1 saturated heterocycles. The first-order valence-electron chi connectivity index (χ1n) is 5.27. The van der Waals surface area contributed by atoms with Crippen molar-refractivity contribution in [1.29, 1.82) is 0 Å². The average molecular weight is 210 g/mol. The summed E-state index contributed by atoms with van der Waals surface area (Å²) in [6.45, 7) is 1.84. The molecule has 0 spiro atoms. The van der Waals surface area contributed by atoms with Crippen LogP contribution in [-0.4, -0.2) is 29.8 Å². The minimum absolute atomic E-state index is 0.212. The van der Waals surface area contributed by atoms with Crippen molar-refractivity contribution in [3.05, 3.63) is 24.1 Å². The highest BCUT2D eigenvalue weighted by Gasteiger charge is 2.24. The molecule has 15 heavy (non-hydrogen) atoms. The number of aliphatic hydroxyl groups is 1. The van der Waals surface area contributed by atoms with Crippen LogP contribution in [0.3, 0.4) is 0 Å². The molecule has 1 N–H and O–H groups in total. The van der Waals surface area contributed by atoms with E-state index in [-0.39, 0.29) is 12.4 Å². The van der Waals surface area contributed by atoms with Crippen LogP contribution in [0.15, 0.2) is 18.3 Å². The van der Waals surface area contributed by atoms with E-state index in [0.717, 1.165) is 25.9 Å². The fraction of sp³-hybridized carbons (Fsp3) is 0.545. The first kappa shape index (κ1) is 10.4. The average Bonchev–Trinajstić information content (AvgIpc) is 2.68. The molecule has 0 radical (unpaired) electrons. The highest BCUT2D eigenvalue weighted by atomic mass is 19.1. The standard InChI is InChI=1S/C11H15FN2O/c12-10-2-1-5-13-11(10)14-6-3-9(8-14)4-7-15/h1-2,5,9,15H,3-4,6-8H2. The lowest BCUT2D eigenvalue weighted by molar-refractivity contribution is 0.263. The van der Waals surface area contributed by atoms with E-state index in [1.165, 1.54) is 6.07 Å². The van der Waals surface area contributed by atoms with Gasteiger partial charge in [-0.1, -0.05) is 0 Å². The van der Waals surface area contributed by atoms with Gasteiger partial charge < -0.3 is 10.0 Å². The van der Waals surface area contributed by atoms with Gasteiger partial charge in [0.05, 0.1) is 0 Å². The highest BCUT2D eigenvalue weighted by Crippen LogP contribution is 2.25. The summed E-state index contributed by atoms with van der Waals surface area (Å²) in [5, 5.41) is 8.83. The molecule has 1 atom stereocenters. The number of hydrogen-bond acceptors (Lipinski definition) is 3. The van der Waals surface area contributed by atoms with E-state index in [2.05, 4.69) is 4.98 Å². The smallest absolute Gasteiger partial charge is 0.165 e. The monoisotopic (exact) mass is 210 g/mol. The number of hydrogen-bond donors (Lipinski definition) is 1. The lowest BCUT2D eigenvalue weighted by Gasteiger charge is -2.17. The third-order valence-corrected chi connectivity index (χ3v) is 2.86. The van der Waals surface area contributed by atoms with Gasteiger partial charge in [-0.25, -0.2) is 9.37 Å². The second-order valence-corrected chi connectivity index (χ2v) is 3.92. The first-order chi connectivity index (χ1) is 7.31. The van der Waals surface area contributed by atoms with Gasteiger partial charge in [0.2, 0.25) is 0 Å². The van der Waals surface area contributed by atoms with E-state index < -0.39 is 0 Å². The van der Waals surface area contributed by atoms with Crippen molar-refractivity contribution in [1.82, 2.24) is 4.98 Å². The molecule has 82 valence electrons. The van der Waals surface area contributed by atoms with E-state index in [4.69, 9.17) is 5.11 Å². The van der Waals surface area contributed by atoms with Crippen LogP contribution in [0.1, 0.15) is 12.8 Å². The van der Waals surface area contributed by atoms with Gasteiger partial charge in [-0.2, -0.15) is 0 Å². The van der Waals surface area contributed by atoms with Crippen LogP contribution in [0.2, 0.25) is 0 Å². The molecule has 3 nitrogen and oxygen atoms in total. The predicted octanol–water partition coefficient (Wildman–Crippen LogP) is 1.43. The van der Waals surface area contributed by atoms with E-state index in [0.29, 0.717) is 11.7 Å². The molecule has 0 amide bonds. The van der Waals surface area contributed by atoms with Crippen LogP contribution < -0.4 is 4.90 Å². The summed E-state index contributed by atoms with van der Waals surface area (Å²) < 4.78 is 13.4. The Balaban J connectivity index is 2.04. The third-order valence-electron chi connectivity index (χ3n) is 2.86. The zero-order valence-electron chi connectivity index (χ0n) is 8.56. The van der Waals surface area contributed by atoms with Gasteiger partial charge in [0, 0.05) is 25.9 Å². The number of anilines is 1. The summed E-state index contributed by atoms with van der Waals surface area (Å²) in [4.78, 5) is 6.00. The molecule has 0 aromatic carbocycles. The van der Waals surface area contributed by atoms with Crippen molar-refractivity contribution in [2.45, 2.75) is 12.8 Å². The second kappa shape index (κ2) is 4.57. The van der Waals surface area contributed by atoms with Crippen LogP contribution in [0, 0.1) is 11.7 Å². The van der Waals surface area contributed by atoms with Gasteiger partial charge in [0.25, 0.3) is 0 Å². The number of nitrogens with zero attached hydrogens (tertiary/aromatic N) is 2. The molecule has 1 aliphatic rings. The molecule has 1 aromatic heterocycles. The second-order valence-electron chi connectivity index (χ2n) is 3.92. The maximum Gasteiger partial charge on any atom is 0.165 e. The molecule has 4 heteroatoms. The Morgan fingerprint density at radius 3 is 3.20 bits per heavy atom. The third kappa shape index (κ3) is 2.26. The van der Waals surface area contributed by atoms with E-state index in [1.54, 1.807) is 12.3 Å². The number of rotatable bonds is 3. The molecule has 2 rings (SSSR count). The lowest BCUT2D eigenvalue weighted by atomic mass is 10.1. The van der Waals surface area contributed by atoms with Crippen LogP contribution >= 0.6 is 0 Å². The van der Waals surface area contributed by atoms with Gasteiger partial charge in [-0.15, -0.1) is 0 Å². The van der Waals surface area contributed by atoms with Crippen LogP contribution in [-0.2, 0) is 0 Å². The highest BCUT2D eigenvalue weighted by molar-refractivity contribution is 5.40. The van der Waals surface area contributed by atoms with Gasteiger partial charge in [0.1, 0.15) is 0 Å². The zero-order valence-corrected chi connectivity index (χ0v) is 8.56. The van der Waals surface area contributed by atoms with Crippen molar-refractivity contribution in [2.24, 2.45) is 5.92 Å². The number of aromatic nitrogens is 1. The normalized spacial score (nSPS) is 20.9. The Morgan fingerprint density at radius 1 is 1.60 bits per heavy atom. The zero-order chi connectivity index (χ0) is 10.7. The minimum atomic E-state index is -0.262. The molecule has 0 aliphatic carbocycles. The van der Waals surface area contributed by atoms with E-state index in [9.17, 15) is 4.39 Å². The Labute approximate surface area is 88.6 Å². The van der Waals surface area contributed by atoms with Crippen LogP contribution in [0.4, 0.5) is 10.2 Å². The maximum atomic E-state index is 13.4.